The molecule has 1 amide bonds. The van der Waals surface area contributed by atoms with Crippen LogP contribution in [-0.2, 0) is 39.9 Å². The number of amides is 1. The van der Waals surface area contributed by atoms with E-state index < -0.39 is 42.5 Å². The molecule has 13 nitrogen and oxygen atoms in total. The summed E-state index contributed by atoms with van der Waals surface area (Å²) in [6.07, 6.45) is 9.73. The van der Waals surface area contributed by atoms with Gasteiger partial charge in [0.1, 0.15) is 12.1 Å². The van der Waals surface area contributed by atoms with Gasteiger partial charge in [-0.3, -0.25) is 19.3 Å². The van der Waals surface area contributed by atoms with Gasteiger partial charge < -0.3 is 29.4 Å². The molecule has 1 aromatic rings. The maximum absolute atomic E-state index is 12.5. The van der Waals surface area contributed by atoms with Crippen molar-refractivity contribution in [3.8, 4) is 0 Å². The molecule has 0 bridgehead atoms. The Morgan fingerprint density at radius 2 is 1.82 bits per heavy atom. The van der Waals surface area contributed by atoms with Crippen LogP contribution >= 0.6 is 0 Å². The maximum atomic E-state index is 12.5. The molecule has 1 spiro atoms. The lowest BCUT2D eigenvalue weighted by atomic mass is 9.56. The number of fused-ring (bicyclic) bond motifs is 6. The standard InChI is InChI=1S/C43H63N5O8/c1-9-35-39(53-26(6)50)40(54-27(7)51)37(44-25(5)49)41(55-35)48-21-29(45-46-48)20-47-19-22(2)16-36-38(47)24(4)43(56-36)15-13-31-32-11-10-28-17-30(52)12-14-42(28,8)34(32)18-33(31)23(43)3/h10,21-22,24,30-32,34-41,52H,9,11-20H2,1-8H3,(H,44,49). The lowest BCUT2D eigenvalue weighted by molar-refractivity contribution is -0.232. The average Bonchev–Trinajstić information content (AvgIpc) is 3.83. The van der Waals surface area contributed by atoms with Gasteiger partial charge in [0.05, 0.1) is 29.7 Å². The molecule has 3 aliphatic heterocycles. The molecule has 8 rings (SSSR count). The second-order valence-electron chi connectivity index (χ2n) is 18.7. The number of allylic oxidation sites excluding steroid dienone is 2. The number of aromatic nitrogens is 3. The van der Waals surface area contributed by atoms with E-state index in [1.807, 2.05) is 13.1 Å². The third kappa shape index (κ3) is 6.66. The SMILES string of the molecule is CCC1OC(n2cc(CN3CC(C)CC4OC5(CCC6C(=C5C)CC5C6CC=C6CC(O)CCC65C)C(C)C43)nn2)C(NC(C)=O)C(OC(C)=O)C1OC(C)=O. The lowest BCUT2D eigenvalue weighted by Gasteiger charge is -2.49. The second-order valence-corrected chi connectivity index (χ2v) is 18.7. The summed E-state index contributed by atoms with van der Waals surface area (Å²) in [5.74, 6) is 1.23. The second kappa shape index (κ2) is 14.9. The summed E-state index contributed by atoms with van der Waals surface area (Å²) >= 11 is 0. The highest BCUT2D eigenvalue weighted by atomic mass is 16.6. The number of rotatable bonds is 7. The molecule has 15 atom stereocenters. The van der Waals surface area contributed by atoms with Gasteiger partial charge >= 0.3 is 11.9 Å². The molecule has 2 N–H and O–H groups in total. The maximum Gasteiger partial charge on any atom is 0.303 e. The minimum atomic E-state index is -0.999. The van der Waals surface area contributed by atoms with Crippen LogP contribution in [0.5, 0.6) is 0 Å². The van der Waals surface area contributed by atoms with Crippen LogP contribution in [0.3, 0.4) is 0 Å². The minimum absolute atomic E-state index is 0.115. The molecule has 308 valence electrons. The summed E-state index contributed by atoms with van der Waals surface area (Å²) in [7, 11) is 0. The van der Waals surface area contributed by atoms with Crippen molar-refractivity contribution in [2.24, 2.45) is 35.0 Å². The number of piperidine rings is 1. The van der Waals surface area contributed by atoms with Crippen molar-refractivity contribution in [2.45, 2.75) is 174 Å². The molecule has 56 heavy (non-hydrogen) atoms. The largest absolute Gasteiger partial charge is 0.456 e. The van der Waals surface area contributed by atoms with E-state index in [0.29, 0.717) is 42.6 Å². The number of nitrogens with zero attached hydrogens (tertiary/aromatic N) is 4. The Morgan fingerprint density at radius 1 is 1.07 bits per heavy atom. The summed E-state index contributed by atoms with van der Waals surface area (Å²) in [5.41, 5.74) is 5.33. The predicted octanol–water partition coefficient (Wildman–Crippen LogP) is 5.18. The van der Waals surface area contributed by atoms with Crippen LogP contribution in [0.1, 0.15) is 125 Å². The number of aliphatic hydroxyl groups excluding tert-OH is 1. The van der Waals surface area contributed by atoms with Gasteiger partial charge in [-0.05, 0) is 99.4 Å². The molecule has 4 heterocycles. The molecule has 4 aliphatic carbocycles. The third-order valence-electron chi connectivity index (χ3n) is 15.3. The van der Waals surface area contributed by atoms with Gasteiger partial charge in [-0.15, -0.1) is 5.10 Å². The number of carbonyl (C=O) groups is 3. The van der Waals surface area contributed by atoms with E-state index in [0.717, 1.165) is 57.2 Å². The van der Waals surface area contributed by atoms with E-state index >= 15 is 0 Å². The van der Waals surface area contributed by atoms with Crippen LogP contribution in [0.4, 0.5) is 0 Å². The fourth-order valence-electron chi connectivity index (χ4n) is 12.9. The zero-order valence-corrected chi connectivity index (χ0v) is 34.5. The molecule has 0 aromatic carbocycles. The number of ether oxygens (including phenoxy) is 4. The van der Waals surface area contributed by atoms with Crippen molar-refractivity contribution in [2.75, 3.05) is 6.54 Å². The van der Waals surface area contributed by atoms with E-state index in [-0.39, 0.29) is 35.2 Å². The highest BCUT2D eigenvalue weighted by molar-refractivity contribution is 5.73. The first-order valence-corrected chi connectivity index (χ1v) is 21.3. The summed E-state index contributed by atoms with van der Waals surface area (Å²) in [6.45, 7) is 17.0. The molecule has 2 saturated carbocycles. The van der Waals surface area contributed by atoms with Crippen molar-refractivity contribution in [3.05, 3.63) is 34.7 Å². The van der Waals surface area contributed by atoms with Gasteiger partial charge in [0, 0.05) is 45.8 Å². The molecule has 5 fully saturated rings. The van der Waals surface area contributed by atoms with E-state index in [2.05, 4.69) is 54.3 Å². The van der Waals surface area contributed by atoms with Crippen LogP contribution in [0.15, 0.2) is 29.0 Å². The van der Waals surface area contributed by atoms with Gasteiger partial charge in [-0.25, -0.2) is 4.68 Å². The quantitative estimate of drug-likeness (QED) is 0.278. The Labute approximate surface area is 331 Å². The zero-order valence-electron chi connectivity index (χ0n) is 34.5. The third-order valence-corrected chi connectivity index (χ3v) is 15.3. The van der Waals surface area contributed by atoms with Gasteiger partial charge in [0.15, 0.2) is 18.4 Å². The molecule has 13 heteroatoms. The Kier molecular flexibility index (Phi) is 10.6. The van der Waals surface area contributed by atoms with E-state index in [1.54, 1.807) is 10.3 Å². The summed E-state index contributed by atoms with van der Waals surface area (Å²) in [5, 5.41) is 22.6. The topological polar surface area (TPSA) is 154 Å². The monoisotopic (exact) mass is 777 g/mol. The lowest BCUT2D eigenvalue weighted by Crippen LogP contribution is -2.63. The first kappa shape index (κ1) is 39.7. The molecule has 1 aromatic heterocycles. The minimum Gasteiger partial charge on any atom is -0.456 e. The molecular formula is C43H63N5O8. The number of nitrogens with one attached hydrogen (secondary N) is 1. The zero-order chi connectivity index (χ0) is 39.8. The van der Waals surface area contributed by atoms with Crippen LogP contribution in [0.25, 0.3) is 0 Å². The van der Waals surface area contributed by atoms with Crippen molar-refractivity contribution < 1.29 is 38.4 Å². The van der Waals surface area contributed by atoms with Crippen LogP contribution in [-0.4, -0.2) is 97.6 Å². The summed E-state index contributed by atoms with van der Waals surface area (Å²) in [4.78, 5) is 39.5. The van der Waals surface area contributed by atoms with Crippen molar-refractivity contribution >= 4 is 17.8 Å². The Bertz CT molecular complexity index is 1780. The van der Waals surface area contributed by atoms with Crippen LogP contribution in [0.2, 0.25) is 0 Å². The first-order valence-electron chi connectivity index (χ1n) is 21.3. The average molecular weight is 778 g/mol. The fraction of sp³-hybridized carbons (Fsp3) is 0.791. The van der Waals surface area contributed by atoms with Gasteiger partial charge in [-0.1, -0.05) is 50.1 Å². The summed E-state index contributed by atoms with van der Waals surface area (Å²) < 4.78 is 26.9. The Morgan fingerprint density at radius 3 is 2.54 bits per heavy atom. The van der Waals surface area contributed by atoms with E-state index in [1.165, 1.54) is 38.3 Å². The van der Waals surface area contributed by atoms with Crippen molar-refractivity contribution in [3.63, 3.8) is 0 Å². The number of likely N-dealkylation sites (tertiary alicyclic amines) is 1. The molecule has 3 saturated heterocycles. The number of aliphatic hydroxyl groups is 1. The number of hydrogen-bond acceptors (Lipinski definition) is 11. The van der Waals surface area contributed by atoms with E-state index in [4.69, 9.17) is 18.9 Å². The number of carbonyl (C=O) groups excluding carboxylic acids is 3. The number of hydrogen-bond donors (Lipinski definition) is 2. The molecular weight excluding hydrogens is 715 g/mol. The van der Waals surface area contributed by atoms with E-state index in [9.17, 15) is 19.5 Å². The van der Waals surface area contributed by atoms with Gasteiger partial charge in [0.25, 0.3) is 0 Å². The molecule has 15 unspecified atom stereocenters. The summed E-state index contributed by atoms with van der Waals surface area (Å²) in [6, 6.07) is -0.668. The van der Waals surface area contributed by atoms with Gasteiger partial charge in [0.2, 0.25) is 5.91 Å². The van der Waals surface area contributed by atoms with Crippen LogP contribution in [0, 0.1) is 35.0 Å². The normalized spacial score (nSPS) is 43.3. The highest BCUT2D eigenvalue weighted by Gasteiger charge is 2.62. The fourth-order valence-corrected chi connectivity index (χ4v) is 12.9. The molecule has 7 aliphatic rings. The first-order chi connectivity index (χ1) is 26.6. The number of esters is 2. The highest BCUT2D eigenvalue weighted by Crippen LogP contribution is 2.65. The smallest absolute Gasteiger partial charge is 0.303 e. The predicted molar refractivity (Wildman–Crippen MR) is 205 cm³/mol. The van der Waals surface area contributed by atoms with Crippen molar-refractivity contribution in [1.29, 1.82) is 0 Å². The van der Waals surface area contributed by atoms with Crippen LogP contribution < -0.4 is 5.32 Å². The Balaban J connectivity index is 1.04. The Hall–Kier alpha value is -3.13. The van der Waals surface area contributed by atoms with Crippen molar-refractivity contribution in [1.82, 2.24) is 25.2 Å². The molecule has 0 radical (unpaired) electrons. The van der Waals surface area contributed by atoms with Gasteiger partial charge in [-0.2, -0.15) is 0 Å².